The predicted molar refractivity (Wildman–Crippen MR) is 147 cm³/mol. The van der Waals surface area contributed by atoms with Crippen molar-refractivity contribution in [3.05, 3.63) is 46.8 Å². The fourth-order valence-corrected chi connectivity index (χ4v) is 4.77. The van der Waals surface area contributed by atoms with Crippen LogP contribution in [0.15, 0.2) is 28.8 Å². The fraction of sp³-hybridized carbons (Fsp3) is 0.536. The van der Waals surface area contributed by atoms with Gasteiger partial charge in [-0.05, 0) is 37.0 Å². The molecule has 2 aliphatic rings. The van der Waals surface area contributed by atoms with Gasteiger partial charge in [0.2, 0.25) is 17.7 Å². The van der Waals surface area contributed by atoms with E-state index in [1.165, 1.54) is 19.9 Å². The Morgan fingerprint density at radius 3 is 2.54 bits per heavy atom. The van der Waals surface area contributed by atoms with Gasteiger partial charge >= 0.3 is 0 Å². The van der Waals surface area contributed by atoms with Crippen molar-refractivity contribution in [2.75, 3.05) is 19.7 Å². The molecule has 4 atom stereocenters. The number of nitrogens with one attached hydrogen (secondary N) is 4. The molecule has 2 aliphatic heterocycles. The molecule has 2 aromatic rings. The first-order chi connectivity index (χ1) is 19.5. The summed E-state index contributed by atoms with van der Waals surface area (Å²) in [6, 6.07) is 4.27. The molecule has 1 aromatic heterocycles. The summed E-state index contributed by atoms with van der Waals surface area (Å²) in [5.41, 5.74) is 2.12. The molecule has 0 unspecified atom stereocenters. The van der Waals surface area contributed by atoms with Crippen LogP contribution in [-0.4, -0.2) is 82.7 Å². The average molecular weight is 571 g/mol. The van der Waals surface area contributed by atoms with E-state index in [2.05, 4.69) is 32.5 Å². The van der Waals surface area contributed by atoms with Gasteiger partial charge in [0.1, 0.15) is 23.9 Å². The molecular weight excluding hydrogens is 532 g/mol. The minimum atomic E-state index is -1.36. The van der Waals surface area contributed by atoms with Crippen LogP contribution in [0.3, 0.4) is 0 Å². The number of benzene rings is 1. The zero-order chi connectivity index (χ0) is 29.7. The molecule has 0 saturated heterocycles. The SMILES string of the molecule is CC(C)[C@@H]1NC(=O)[C@H](C)NC(=O)[C@H]([C@@H](C)O)NC(=O)c2cc(on2)CN(Cc2ccc3c(c2)CCO3)CCNC1=O. The van der Waals surface area contributed by atoms with Crippen molar-refractivity contribution in [2.45, 2.75) is 71.4 Å². The lowest BCUT2D eigenvalue weighted by Gasteiger charge is -2.26. The summed E-state index contributed by atoms with van der Waals surface area (Å²) >= 11 is 0. The highest BCUT2D eigenvalue weighted by Crippen LogP contribution is 2.26. The molecule has 0 fully saturated rings. The quantitative estimate of drug-likeness (QED) is 0.335. The van der Waals surface area contributed by atoms with Crippen LogP contribution < -0.4 is 26.0 Å². The van der Waals surface area contributed by atoms with Crippen LogP contribution in [0.5, 0.6) is 5.75 Å². The van der Waals surface area contributed by atoms with Crippen molar-refractivity contribution in [3.8, 4) is 5.75 Å². The Labute approximate surface area is 238 Å². The lowest BCUT2D eigenvalue weighted by atomic mass is 10.0. The van der Waals surface area contributed by atoms with Crippen LogP contribution in [0.25, 0.3) is 0 Å². The molecular formula is C28H38N6O7. The number of rotatable bonds is 4. The summed E-state index contributed by atoms with van der Waals surface area (Å²) in [5, 5.41) is 24.6. The molecule has 13 heteroatoms. The minimum absolute atomic E-state index is 0.0620. The maximum Gasteiger partial charge on any atom is 0.274 e. The molecule has 13 nitrogen and oxygen atoms in total. The molecule has 0 spiro atoms. The minimum Gasteiger partial charge on any atom is -0.493 e. The van der Waals surface area contributed by atoms with E-state index in [0.29, 0.717) is 25.5 Å². The number of ether oxygens (including phenoxy) is 1. The second kappa shape index (κ2) is 13.1. The van der Waals surface area contributed by atoms with E-state index in [0.717, 1.165) is 23.3 Å². The van der Waals surface area contributed by atoms with Gasteiger partial charge < -0.3 is 35.6 Å². The fourth-order valence-electron chi connectivity index (χ4n) is 4.77. The summed E-state index contributed by atoms with van der Waals surface area (Å²) in [4.78, 5) is 53.8. The molecule has 4 amide bonds. The first kappa shape index (κ1) is 30.0. The lowest BCUT2D eigenvalue weighted by molar-refractivity contribution is -0.133. The molecule has 2 bridgehead atoms. The van der Waals surface area contributed by atoms with Crippen LogP contribution in [0.4, 0.5) is 0 Å². The number of aliphatic hydroxyl groups is 1. The summed E-state index contributed by atoms with van der Waals surface area (Å²) in [5.74, 6) is -1.34. The summed E-state index contributed by atoms with van der Waals surface area (Å²) in [6.07, 6.45) is -0.430. The topological polar surface area (TPSA) is 175 Å². The highest BCUT2D eigenvalue weighted by Gasteiger charge is 2.32. The lowest BCUT2D eigenvalue weighted by Crippen LogP contribution is -2.58. The van der Waals surface area contributed by atoms with Crippen molar-refractivity contribution in [2.24, 2.45) is 5.92 Å². The smallest absolute Gasteiger partial charge is 0.274 e. The predicted octanol–water partition coefficient (Wildman–Crippen LogP) is -0.134. The van der Waals surface area contributed by atoms with Crippen molar-refractivity contribution < 1.29 is 33.5 Å². The molecule has 41 heavy (non-hydrogen) atoms. The first-order valence-corrected chi connectivity index (χ1v) is 13.8. The Kier molecular flexibility index (Phi) is 9.61. The Morgan fingerprint density at radius 2 is 1.80 bits per heavy atom. The van der Waals surface area contributed by atoms with Crippen molar-refractivity contribution in [1.29, 1.82) is 0 Å². The van der Waals surface area contributed by atoms with E-state index in [1.807, 2.05) is 30.9 Å². The van der Waals surface area contributed by atoms with Gasteiger partial charge in [-0.2, -0.15) is 0 Å². The average Bonchev–Trinajstić information content (AvgIpc) is 3.58. The van der Waals surface area contributed by atoms with E-state index in [9.17, 15) is 24.3 Å². The van der Waals surface area contributed by atoms with Gasteiger partial charge in [0.05, 0.1) is 19.3 Å². The molecule has 222 valence electrons. The standard InChI is InChI=1S/C28H38N6O7/c1-15(2)23-27(38)29-8-9-34(13-18-5-6-22-19(11-18)7-10-40-22)14-20-12-21(33-41-20)26(37)32-24(17(4)35)28(39)30-16(3)25(36)31-23/h5-6,11-12,15-17,23-24,35H,7-10,13-14H2,1-4H3,(H,29,38)(H,30,39)(H,31,36)(H,32,37)/t16-,17+,23-,24-/m0/s1. The van der Waals surface area contributed by atoms with Gasteiger partial charge in [0.15, 0.2) is 11.5 Å². The van der Waals surface area contributed by atoms with Crippen LogP contribution in [0.2, 0.25) is 0 Å². The van der Waals surface area contributed by atoms with E-state index >= 15 is 0 Å². The summed E-state index contributed by atoms with van der Waals surface area (Å²) in [6.45, 7) is 8.61. The third kappa shape index (κ3) is 7.61. The monoisotopic (exact) mass is 570 g/mol. The molecule has 3 heterocycles. The summed E-state index contributed by atoms with van der Waals surface area (Å²) < 4.78 is 11.1. The number of nitrogens with zero attached hydrogens (tertiary/aromatic N) is 2. The second-order valence-electron chi connectivity index (χ2n) is 10.9. The van der Waals surface area contributed by atoms with Crippen molar-refractivity contribution in [1.82, 2.24) is 31.3 Å². The molecule has 0 saturated carbocycles. The van der Waals surface area contributed by atoms with Crippen LogP contribution >= 0.6 is 0 Å². The Morgan fingerprint density at radius 1 is 1.02 bits per heavy atom. The number of hydrogen-bond acceptors (Lipinski definition) is 9. The number of carbonyl (C=O) groups excluding carboxylic acids is 4. The largest absolute Gasteiger partial charge is 0.493 e. The number of aliphatic hydroxyl groups excluding tert-OH is 1. The third-order valence-corrected chi connectivity index (χ3v) is 7.11. The summed E-state index contributed by atoms with van der Waals surface area (Å²) in [7, 11) is 0. The van der Waals surface area contributed by atoms with Crippen LogP contribution in [0, 0.1) is 5.92 Å². The third-order valence-electron chi connectivity index (χ3n) is 7.11. The highest BCUT2D eigenvalue weighted by atomic mass is 16.5. The van der Waals surface area contributed by atoms with E-state index in [1.54, 1.807) is 0 Å². The highest BCUT2D eigenvalue weighted by molar-refractivity contribution is 5.97. The van der Waals surface area contributed by atoms with Gasteiger partial charge in [0.25, 0.3) is 5.91 Å². The van der Waals surface area contributed by atoms with Gasteiger partial charge in [-0.3, -0.25) is 24.1 Å². The zero-order valence-electron chi connectivity index (χ0n) is 23.7. The van der Waals surface area contributed by atoms with E-state index in [-0.39, 0.29) is 30.6 Å². The Balaban J connectivity index is 1.59. The maximum absolute atomic E-state index is 13.1. The van der Waals surface area contributed by atoms with Gasteiger partial charge in [-0.15, -0.1) is 0 Å². The molecule has 4 rings (SSSR count). The Hall–Kier alpha value is -3.97. The maximum atomic E-state index is 13.1. The van der Waals surface area contributed by atoms with Crippen LogP contribution in [0.1, 0.15) is 55.1 Å². The van der Waals surface area contributed by atoms with Gasteiger partial charge in [0, 0.05) is 32.1 Å². The number of hydrogen-bond donors (Lipinski definition) is 5. The van der Waals surface area contributed by atoms with E-state index < -0.39 is 42.0 Å². The molecule has 0 radical (unpaired) electrons. The first-order valence-electron chi connectivity index (χ1n) is 13.8. The molecule has 0 aliphatic carbocycles. The number of amides is 4. The molecule has 1 aromatic carbocycles. The number of aromatic nitrogens is 1. The second-order valence-corrected chi connectivity index (χ2v) is 10.9. The number of fused-ring (bicyclic) bond motifs is 3. The molecule has 5 N–H and O–H groups in total. The zero-order valence-corrected chi connectivity index (χ0v) is 23.7. The van der Waals surface area contributed by atoms with E-state index in [4.69, 9.17) is 9.26 Å². The van der Waals surface area contributed by atoms with Gasteiger partial charge in [-0.25, -0.2) is 0 Å². The van der Waals surface area contributed by atoms with Gasteiger partial charge in [-0.1, -0.05) is 31.1 Å². The van der Waals surface area contributed by atoms with Crippen molar-refractivity contribution in [3.63, 3.8) is 0 Å². The van der Waals surface area contributed by atoms with Crippen molar-refractivity contribution >= 4 is 23.6 Å². The van der Waals surface area contributed by atoms with Crippen LogP contribution in [-0.2, 0) is 33.9 Å². The Bertz CT molecular complexity index is 1280. The normalized spacial score (nSPS) is 23.8. The number of carbonyl (C=O) groups is 4.